The summed E-state index contributed by atoms with van der Waals surface area (Å²) in [6.45, 7) is 1.67. The molecule has 1 saturated heterocycles. The maximum atomic E-state index is 11.8. The lowest BCUT2D eigenvalue weighted by Gasteiger charge is -2.14. The molecule has 1 radical (unpaired) electrons. The molecule has 13 heavy (non-hydrogen) atoms. The Morgan fingerprint density at radius 2 is 2.00 bits per heavy atom. The summed E-state index contributed by atoms with van der Waals surface area (Å²) in [4.78, 5) is 13.6. The van der Waals surface area contributed by atoms with E-state index in [-0.39, 0.29) is 5.91 Å². The van der Waals surface area contributed by atoms with E-state index in [1.165, 1.54) is 0 Å². The van der Waals surface area contributed by atoms with Gasteiger partial charge >= 0.3 is 0 Å². The van der Waals surface area contributed by atoms with Crippen molar-refractivity contribution in [2.24, 2.45) is 0 Å². The van der Waals surface area contributed by atoms with Crippen LogP contribution >= 0.6 is 0 Å². The Kier molecular flexibility index (Phi) is 2.30. The fourth-order valence-electron chi connectivity index (χ4n) is 1.53. The standard InChI is InChI=1S/C11H12NO/c13-11(12-8-4-5-9-12)10-6-2-1-3-7-10/h1-4,6-7H,5,8-9H2. The van der Waals surface area contributed by atoms with E-state index in [4.69, 9.17) is 0 Å². The molecular weight excluding hydrogens is 162 g/mol. The Morgan fingerprint density at radius 3 is 2.62 bits per heavy atom. The van der Waals surface area contributed by atoms with E-state index in [9.17, 15) is 4.79 Å². The molecule has 1 heterocycles. The van der Waals surface area contributed by atoms with Crippen LogP contribution in [0.1, 0.15) is 16.8 Å². The second-order valence-corrected chi connectivity index (χ2v) is 3.19. The number of carbonyl (C=O) groups excluding carboxylic acids is 1. The average Bonchev–Trinajstić information content (AvgIpc) is 2.71. The van der Waals surface area contributed by atoms with Crippen LogP contribution in [-0.2, 0) is 0 Å². The Bertz CT molecular complexity index is 288. The third-order valence-electron chi connectivity index (χ3n) is 2.26. The van der Waals surface area contributed by atoms with Gasteiger partial charge in [0, 0.05) is 18.7 Å². The van der Waals surface area contributed by atoms with Gasteiger partial charge in [0.2, 0.25) is 0 Å². The van der Waals surface area contributed by atoms with Crippen LogP contribution < -0.4 is 0 Å². The number of benzene rings is 1. The topological polar surface area (TPSA) is 20.3 Å². The number of hydrogen-bond acceptors (Lipinski definition) is 1. The van der Waals surface area contributed by atoms with Crippen LogP contribution in [0.2, 0.25) is 0 Å². The van der Waals surface area contributed by atoms with Gasteiger partial charge in [-0.1, -0.05) is 18.2 Å². The zero-order valence-corrected chi connectivity index (χ0v) is 7.44. The molecule has 2 rings (SSSR count). The molecular formula is C11H12NO. The fraction of sp³-hybridized carbons (Fsp3) is 0.273. The van der Waals surface area contributed by atoms with E-state index < -0.39 is 0 Å². The SMILES string of the molecule is O=C(c1ccccc1)N1C[CH]CC1. The first-order chi connectivity index (χ1) is 6.38. The van der Waals surface area contributed by atoms with Crippen LogP contribution in [-0.4, -0.2) is 23.9 Å². The second kappa shape index (κ2) is 3.60. The number of carbonyl (C=O) groups is 1. The van der Waals surface area contributed by atoms with Gasteiger partial charge in [0.15, 0.2) is 0 Å². The molecule has 67 valence electrons. The van der Waals surface area contributed by atoms with Gasteiger partial charge in [-0.25, -0.2) is 0 Å². The molecule has 0 aliphatic carbocycles. The van der Waals surface area contributed by atoms with Crippen LogP contribution in [0.3, 0.4) is 0 Å². The Hall–Kier alpha value is -1.31. The minimum atomic E-state index is 0.148. The average molecular weight is 174 g/mol. The molecule has 2 nitrogen and oxygen atoms in total. The van der Waals surface area contributed by atoms with Crippen molar-refractivity contribution >= 4 is 5.91 Å². The highest BCUT2D eigenvalue weighted by Crippen LogP contribution is 2.11. The maximum absolute atomic E-state index is 11.8. The van der Waals surface area contributed by atoms with Crippen molar-refractivity contribution in [3.8, 4) is 0 Å². The summed E-state index contributed by atoms with van der Waals surface area (Å²) in [5.74, 6) is 0.148. The van der Waals surface area contributed by atoms with Crippen molar-refractivity contribution in [2.75, 3.05) is 13.1 Å². The second-order valence-electron chi connectivity index (χ2n) is 3.19. The third kappa shape index (κ3) is 1.72. The molecule has 0 spiro atoms. The lowest BCUT2D eigenvalue weighted by atomic mass is 10.2. The van der Waals surface area contributed by atoms with Crippen LogP contribution in [0, 0.1) is 6.42 Å². The van der Waals surface area contributed by atoms with E-state index in [0.717, 1.165) is 25.1 Å². The molecule has 0 unspecified atom stereocenters. The summed E-state index contributed by atoms with van der Waals surface area (Å²) in [6, 6.07) is 9.44. The van der Waals surface area contributed by atoms with Gasteiger partial charge in [0.25, 0.3) is 5.91 Å². The predicted molar refractivity (Wildman–Crippen MR) is 51.3 cm³/mol. The van der Waals surface area contributed by atoms with Crippen molar-refractivity contribution in [1.82, 2.24) is 4.90 Å². The fourth-order valence-corrected chi connectivity index (χ4v) is 1.53. The summed E-state index contributed by atoms with van der Waals surface area (Å²) in [5, 5.41) is 0. The summed E-state index contributed by atoms with van der Waals surface area (Å²) in [6.07, 6.45) is 3.17. The van der Waals surface area contributed by atoms with Crippen molar-refractivity contribution in [3.05, 3.63) is 42.3 Å². The molecule has 1 amide bonds. The highest BCUT2D eigenvalue weighted by atomic mass is 16.2. The van der Waals surface area contributed by atoms with Crippen molar-refractivity contribution < 1.29 is 4.79 Å². The van der Waals surface area contributed by atoms with Crippen LogP contribution in [0.25, 0.3) is 0 Å². The van der Waals surface area contributed by atoms with Gasteiger partial charge in [-0.2, -0.15) is 0 Å². The quantitative estimate of drug-likeness (QED) is 0.635. The zero-order chi connectivity index (χ0) is 9.10. The molecule has 1 aliphatic heterocycles. The first-order valence-corrected chi connectivity index (χ1v) is 4.54. The number of hydrogen-bond donors (Lipinski definition) is 0. The largest absolute Gasteiger partial charge is 0.338 e. The van der Waals surface area contributed by atoms with Gasteiger partial charge in [-0.3, -0.25) is 4.79 Å². The van der Waals surface area contributed by atoms with Gasteiger partial charge in [-0.15, -0.1) is 0 Å². The molecule has 1 aliphatic rings. The van der Waals surface area contributed by atoms with E-state index in [1.807, 2.05) is 35.2 Å². The van der Waals surface area contributed by atoms with E-state index in [0.29, 0.717) is 0 Å². The number of nitrogens with zero attached hydrogens (tertiary/aromatic N) is 1. The van der Waals surface area contributed by atoms with Gasteiger partial charge < -0.3 is 4.90 Å². The molecule has 0 aromatic heterocycles. The van der Waals surface area contributed by atoms with Crippen LogP contribution in [0.4, 0.5) is 0 Å². The first kappa shape index (κ1) is 8.30. The smallest absolute Gasteiger partial charge is 0.253 e. The maximum Gasteiger partial charge on any atom is 0.253 e. The number of amides is 1. The van der Waals surface area contributed by atoms with Gasteiger partial charge in [0.05, 0.1) is 0 Å². The molecule has 1 fully saturated rings. The highest BCUT2D eigenvalue weighted by molar-refractivity contribution is 5.94. The molecule has 0 N–H and O–H groups in total. The van der Waals surface area contributed by atoms with Crippen molar-refractivity contribution in [2.45, 2.75) is 6.42 Å². The van der Waals surface area contributed by atoms with E-state index in [2.05, 4.69) is 6.42 Å². The lowest BCUT2D eigenvalue weighted by Crippen LogP contribution is -2.27. The third-order valence-corrected chi connectivity index (χ3v) is 2.26. The zero-order valence-electron chi connectivity index (χ0n) is 7.44. The number of rotatable bonds is 1. The lowest BCUT2D eigenvalue weighted by molar-refractivity contribution is 0.0796. The van der Waals surface area contributed by atoms with Gasteiger partial charge in [-0.05, 0) is 25.0 Å². The monoisotopic (exact) mass is 174 g/mol. The van der Waals surface area contributed by atoms with E-state index in [1.54, 1.807) is 0 Å². The normalized spacial score (nSPS) is 16.2. The summed E-state index contributed by atoms with van der Waals surface area (Å²) < 4.78 is 0. The Morgan fingerprint density at radius 1 is 1.23 bits per heavy atom. The minimum absolute atomic E-state index is 0.148. The number of likely N-dealkylation sites (tertiary alicyclic amines) is 1. The van der Waals surface area contributed by atoms with Crippen molar-refractivity contribution in [3.63, 3.8) is 0 Å². The van der Waals surface area contributed by atoms with E-state index >= 15 is 0 Å². The minimum Gasteiger partial charge on any atom is -0.338 e. The van der Waals surface area contributed by atoms with Crippen LogP contribution in [0.5, 0.6) is 0 Å². The summed E-state index contributed by atoms with van der Waals surface area (Å²) in [7, 11) is 0. The highest BCUT2D eigenvalue weighted by Gasteiger charge is 2.18. The van der Waals surface area contributed by atoms with Crippen LogP contribution in [0.15, 0.2) is 30.3 Å². The molecule has 0 saturated carbocycles. The molecule has 1 aromatic rings. The predicted octanol–water partition coefficient (Wildman–Crippen LogP) is 1.74. The molecule has 2 heteroatoms. The summed E-state index contributed by atoms with van der Waals surface area (Å²) >= 11 is 0. The summed E-state index contributed by atoms with van der Waals surface area (Å²) in [5.41, 5.74) is 0.790. The van der Waals surface area contributed by atoms with Crippen molar-refractivity contribution in [1.29, 1.82) is 0 Å². The first-order valence-electron chi connectivity index (χ1n) is 4.54. The molecule has 0 bridgehead atoms. The molecule has 0 atom stereocenters. The van der Waals surface area contributed by atoms with Gasteiger partial charge in [0.1, 0.15) is 0 Å². The Balaban J connectivity index is 2.13. The Labute approximate surface area is 78.2 Å². The molecule has 1 aromatic carbocycles.